The van der Waals surface area contributed by atoms with Crippen LogP contribution in [0.5, 0.6) is 5.75 Å². The number of nitrogens with one attached hydrogen (secondary N) is 1. The molecule has 3 rings (SSSR count). The van der Waals surface area contributed by atoms with Crippen molar-refractivity contribution in [3.63, 3.8) is 0 Å². The van der Waals surface area contributed by atoms with Crippen LogP contribution < -0.4 is 16.8 Å². The molecule has 2 amide bonds. The predicted molar refractivity (Wildman–Crippen MR) is 136 cm³/mol. The van der Waals surface area contributed by atoms with E-state index in [-0.39, 0.29) is 39.0 Å². The average molecular weight is 501 g/mol. The number of amides is 2. The lowest BCUT2D eigenvalue weighted by Gasteiger charge is -2.31. The number of benzene rings is 2. The molecule has 0 spiro atoms. The van der Waals surface area contributed by atoms with E-state index in [4.69, 9.17) is 16.2 Å². The van der Waals surface area contributed by atoms with Crippen molar-refractivity contribution >= 4 is 17.8 Å². The van der Waals surface area contributed by atoms with Gasteiger partial charge in [-0.3, -0.25) is 9.59 Å². The molecule has 4 atom stereocenters. The summed E-state index contributed by atoms with van der Waals surface area (Å²) in [6, 6.07) is 9.25. The Morgan fingerprint density at radius 3 is 2.56 bits per heavy atom. The predicted octanol–water partition coefficient (Wildman–Crippen LogP) is 0.316. The highest BCUT2D eigenvalue weighted by Gasteiger charge is 2.34. The summed E-state index contributed by atoms with van der Waals surface area (Å²) >= 11 is 0. The average Bonchev–Trinajstić information content (AvgIpc) is 2.86. The smallest absolute Gasteiger partial charge is 0.328 e. The Kier molecular flexibility index (Phi) is 9.97. The zero-order valence-electron chi connectivity index (χ0n) is 19.8. The minimum absolute atomic E-state index is 0. The van der Waals surface area contributed by atoms with Crippen LogP contribution in [0.4, 0.5) is 0 Å². The molecule has 0 aromatic heterocycles. The van der Waals surface area contributed by atoms with Gasteiger partial charge >= 0.3 is 5.97 Å². The Bertz CT molecular complexity index is 1090. The van der Waals surface area contributed by atoms with Crippen LogP contribution in [0.3, 0.4) is 0 Å². The number of nitrogens with zero attached hydrogens (tertiary/aromatic N) is 1. The minimum atomic E-state index is -1.18. The van der Waals surface area contributed by atoms with E-state index in [0.29, 0.717) is 5.56 Å². The molecule has 0 saturated carbocycles. The monoisotopic (exact) mass is 500 g/mol. The van der Waals surface area contributed by atoms with Crippen molar-refractivity contribution < 1.29 is 29.3 Å². The summed E-state index contributed by atoms with van der Waals surface area (Å²) in [5.74, 6) is -1.86. The fourth-order valence-corrected chi connectivity index (χ4v) is 4.14. The Balaban J connectivity index is 0.00000456. The lowest BCUT2D eigenvalue weighted by Crippen LogP contribution is -2.56. The fraction of sp³-hybridized carbons (Fsp3) is 0.423. The summed E-state index contributed by atoms with van der Waals surface area (Å²) in [6.45, 7) is -0.122. The highest BCUT2D eigenvalue weighted by atomic mass is 16.5. The largest absolute Gasteiger partial charge is 0.508 e. The molecular weight excluding hydrogens is 464 g/mol. The van der Waals surface area contributed by atoms with Gasteiger partial charge in [-0.05, 0) is 34.4 Å². The van der Waals surface area contributed by atoms with Gasteiger partial charge in [0.1, 0.15) is 17.8 Å². The molecule has 7 N–H and O–H groups in total. The van der Waals surface area contributed by atoms with Crippen LogP contribution >= 0.6 is 0 Å². The van der Waals surface area contributed by atoms with Crippen LogP contribution in [0.25, 0.3) is 11.1 Å². The Labute approximate surface area is 211 Å². The van der Waals surface area contributed by atoms with Gasteiger partial charge in [-0.25, -0.2) is 4.79 Å². The van der Waals surface area contributed by atoms with Crippen molar-refractivity contribution in [2.24, 2.45) is 11.5 Å². The third-order valence-electron chi connectivity index (χ3n) is 6.23. The van der Waals surface area contributed by atoms with E-state index in [2.05, 4.69) is 5.32 Å². The van der Waals surface area contributed by atoms with Crippen molar-refractivity contribution in [3.05, 3.63) is 53.6 Å². The van der Waals surface area contributed by atoms with Gasteiger partial charge in [-0.2, -0.15) is 0 Å². The summed E-state index contributed by atoms with van der Waals surface area (Å²) in [7, 11) is 2.68. The molecule has 10 nitrogen and oxygen atoms in total. The number of fused-ring (bicyclic) bond motifs is 5. The molecular formula is C26H36N4O6. The van der Waals surface area contributed by atoms with Crippen molar-refractivity contribution in [3.8, 4) is 16.9 Å². The van der Waals surface area contributed by atoms with E-state index >= 15 is 0 Å². The standard InChI is InChI=1S/C25H32N4O6.CH4/c1-29-21(25(34)35-2)9-14-4-3-5-15(8-14)16-6-7-22(31)17(10-16)11-19(27)23(32)28-20(24(29)33)12-18(30)13-26;/h3-8,10,18-21,30-31H,9,11-13,26-27H2,1-2H3,(H,28,32);1H4/t18-,19+,20+,21+;/m1./s1. The van der Waals surface area contributed by atoms with E-state index in [1.165, 1.54) is 25.1 Å². The van der Waals surface area contributed by atoms with Crippen molar-refractivity contribution in [2.75, 3.05) is 20.7 Å². The summed E-state index contributed by atoms with van der Waals surface area (Å²) in [4.78, 5) is 40.2. The van der Waals surface area contributed by atoms with Gasteiger partial charge in [0.15, 0.2) is 0 Å². The molecule has 2 aromatic rings. The van der Waals surface area contributed by atoms with Crippen LogP contribution in [0, 0.1) is 0 Å². The number of aliphatic hydroxyl groups excluding tert-OH is 1. The van der Waals surface area contributed by atoms with E-state index in [0.717, 1.165) is 16.7 Å². The van der Waals surface area contributed by atoms with Gasteiger partial charge in [-0.15, -0.1) is 0 Å². The molecule has 0 saturated heterocycles. The highest BCUT2D eigenvalue weighted by Crippen LogP contribution is 2.28. The van der Waals surface area contributed by atoms with Gasteiger partial charge in [0, 0.05) is 32.9 Å². The number of aromatic hydroxyl groups is 1. The highest BCUT2D eigenvalue weighted by molar-refractivity contribution is 5.92. The first-order valence-electron chi connectivity index (χ1n) is 11.3. The van der Waals surface area contributed by atoms with Crippen LogP contribution in [-0.2, 0) is 32.0 Å². The molecule has 1 aliphatic heterocycles. The maximum Gasteiger partial charge on any atom is 0.328 e. The lowest BCUT2D eigenvalue weighted by atomic mass is 9.96. The molecule has 0 unspecified atom stereocenters. The van der Waals surface area contributed by atoms with Crippen molar-refractivity contribution in [1.29, 1.82) is 0 Å². The van der Waals surface area contributed by atoms with E-state index in [1.807, 2.05) is 24.3 Å². The second kappa shape index (κ2) is 12.5. The third-order valence-corrected chi connectivity index (χ3v) is 6.23. The summed E-state index contributed by atoms with van der Waals surface area (Å²) in [5.41, 5.74) is 14.5. The number of phenolic OH excluding ortho intramolecular Hbond substituents is 1. The number of rotatable bonds is 4. The summed E-state index contributed by atoms with van der Waals surface area (Å²) in [5, 5.41) is 23.1. The molecule has 1 heterocycles. The number of aliphatic hydroxyl groups is 1. The molecule has 0 aliphatic carbocycles. The van der Waals surface area contributed by atoms with Gasteiger partial charge in [0.05, 0.1) is 19.3 Å². The number of ether oxygens (including phenoxy) is 1. The van der Waals surface area contributed by atoms with Crippen LogP contribution in [0.1, 0.15) is 25.0 Å². The number of methoxy groups -OCH3 is 1. The molecule has 4 bridgehead atoms. The zero-order chi connectivity index (χ0) is 25.7. The third kappa shape index (κ3) is 6.60. The molecule has 36 heavy (non-hydrogen) atoms. The number of phenols is 1. The number of nitrogens with two attached hydrogens (primary N) is 2. The quantitative estimate of drug-likeness (QED) is 0.374. The molecule has 1 aliphatic rings. The maximum absolute atomic E-state index is 13.4. The van der Waals surface area contributed by atoms with Crippen molar-refractivity contribution in [2.45, 2.75) is 50.9 Å². The Hall–Kier alpha value is -3.47. The lowest BCUT2D eigenvalue weighted by molar-refractivity contribution is -0.153. The number of carbonyl (C=O) groups excluding carboxylic acids is 3. The van der Waals surface area contributed by atoms with Crippen LogP contribution in [0.15, 0.2) is 42.5 Å². The van der Waals surface area contributed by atoms with Crippen LogP contribution in [-0.4, -0.2) is 77.8 Å². The maximum atomic E-state index is 13.4. The van der Waals surface area contributed by atoms with Gasteiger partial charge < -0.3 is 36.6 Å². The van der Waals surface area contributed by atoms with E-state index in [9.17, 15) is 24.6 Å². The van der Waals surface area contributed by atoms with Crippen LogP contribution in [0.2, 0.25) is 0 Å². The normalized spacial score (nSPS) is 21.4. The number of likely N-dealkylation sites (N-methyl/N-ethyl adjacent to an activating group) is 1. The van der Waals surface area contributed by atoms with E-state index < -0.39 is 42.0 Å². The summed E-state index contributed by atoms with van der Waals surface area (Å²) < 4.78 is 4.96. The number of hydrogen-bond donors (Lipinski definition) is 5. The zero-order valence-corrected chi connectivity index (χ0v) is 19.8. The first-order valence-corrected chi connectivity index (χ1v) is 11.3. The fourth-order valence-electron chi connectivity index (χ4n) is 4.14. The van der Waals surface area contributed by atoms with Gasteiger partial charge in [0.25, 0.3) is 0 Å². The molecule has 2 aromatic carbocycles. The topological polar surface area (TPSA) is 168 Å². The summed E-state index contributed by atoms with van der Waals surface area (Å²) in [6.07, 6.45) is -1.05. The SMILES string of the molecule is C.COC(=O)[C@@H]1Cc2cccc(c2)-c2ccc(O)c(c2)C[C@H](N)C(=O)N[C@@H](C[C@@H](O)CN)C(=O)N1C. The van der Waals surface area contributed by atoms with Gasteiger partial charge in [-0.1, -0.05) is 37.8 Å². The second-order valence-electron chi connectivity index (χ2n) is 8.73. The molecule has 0 fully saturated rings. The first-order chi connectivity index (χ1) is 16.6. The first kappa shape index (κ1) is 28.8. The minimum Gasteiger partial charge on any atom is -0.508 e. The number of esters is 1. The number of hydrogen-bond acceptors (Lipinski definition) is 8. The second-order valence-corrected chi connectivity index (χ2v) is 8.73. The molecule has 10 heteroatoms. The number of carbonyl (C=O) groups is 3. The van der Waals surface area contributed by atoms with Crippen molar-refractivity contribution in [1.82, 2.24) is 10.2 Å². The molecule has 196 valence electrons. The van der Waals surface area contributed by atoms with Gasteiger partial charge in [0.2, 0.25) is 11.8 Å². The molecule has 0 radical (unpaired) electrons. The Morgan fingerprint density at radius 1 is 1.19 bits per heavy atom. The van der Waals surface area contributed by atoms with E-state index in [1.54, 1.807) is 12.1 Å². The Morgan fingerprint density at radius 2 is 1.89 bits per heavy atom.